The number of carbonyl (C=O) groups is 2. The Morgan fingerprint density at radius 3 is 1.04 bits per heavy atom. The zero-order valence-corrected chi connectivity index (χ0v) is 50.5. The number of allylic oxidation sites excluding steroid dienone is 6. The number of hydrogen-bond donors (Lipinski definition) is 3. The Labute approximate surface area is 468 Å². The van der Waals surface area contributed by atoms with Crippen LogP contribution in [0.5, 0.6) is 0 Å². The number of rotatable bonds is 63. The summed E-state index contributed by atoms with van der Waals surface area (Å²) < 4.78 is 5.50. The van der Waals surface area contributed by atoms with Crippen molar-refractivity contribution in [1.82, 2.24) is 5.32 Å². The summed E-state index contributed by atoms with van der Waals surface area (Å²) in [5.41, 5.74) is 0. The Balaban J connectivity index is 3.40. The molecule has 0 aromatic carbocycles. The van der Waals surface area contributed by atoms with E-state index in [9.17, 15) is 19.8 Å². The van der Waals surface area contributed by atoms with Gasteiger partial charge in [-0.05, 0) is 83.5 Å². The summed E-state index contributed by atoms with van der Waals surface area (Å²) in [5.74, 6) is -0.0317. The average molecular weight is 1050 g/mol. The van der Waals surface area contributed by atoms with Crippen LogP contribution in [0.25, 0.3) is 0 Å². The van der Waals surface area contributed by atoms with Gasteiger partial charge in [-0.3, -0.25) is 9.59 Å². The quantitative estimate of drug-likeness (QED) is 0.0320. The molecule has 0 radical (unpaired) electrons. The van der Waals surface area contributed by atoms with Crippen LogP contribution in [0.3, 0.4) is 0 Å². The van der Waals surface area contributed by atoms with Crippen LogP contribution in [0, 0.1) is 0 Å². The molecular formula is C69H131NO5. The second-order valence-electron chi connectivity index (χ2n) is 23.1. The first-order chi connectivity index (χ1) is 37.0. The Kier molecular flexibility index (Phi) is 63.0. The average Bonchev–Trinajstić information content (AvgIpc) is 3.41. The van der Waals surface area contributed by atoms with Gasteiger partial charge in [-0.2, -0.15) is 0 Å². The molecule has 0 aromatic rings. The smallest absolute Gasteiger partial charge is 0.305 e. The fraction of sp³-hybridized carbons (Fsp3) is 0.884. The number of carbonyl (C=O) groups excluding carboxylic acids is 2. The second-order valence-corrected chi connectivity index (χ2v) is 23.1. The minimum atomic E-state index is -0.668. The van der Waals surface area contributed by atoms with Gasteiger partial charge in [0.2, 0.25) is 5.91 Å². The fourth-order valence-corrected chi connectivity index (χ4v) is 10.5. The van der Waals surface area contributed by atoms with Gasteiger partial charge in [-0.1, -0.05) is 307 Å². The van der Waals surface area contributed by atoms with Gasteiger partial charge >= 0.3 is 5.97 Å². The van der Waals surface area contributed by atoms with Gasteiger partial charge in [-0.25, -0.2) is 0 Å². The highest BCUT2D eigenvalue weighted by Gasteiger charge is 2.20. The molecule has 2 unspecified atom stereocenters. The summed E-state index contributed by atoms with van der Waals surface area (Å²) in [6.45, 7) is 4.95. The normalized spacial score (nSPS) is 12.7. The van der Waals surface area contributed by atoms with Crippen LogP contribution >= 0.6 is 0 Å². The highest BCUT2D eigenvalue weighted by atomic mass is 16.5. The lowest BCUT2D eigenvalue weighted by Gasteiger charge is -2.22. The summed E-state index contributed by atoms with van der Waals surface area (Å²) in [5, 5.41) is 23.3. The minimum Gasteiger partial charge on any atom is -0.466 e. The van der Waals surface area contributed by atoms with Crippen molar-refractivity contribution in [3.8, 4) is 0 Å². The second kappa shape index (κ2) is 64.6. The predicted molar refractivity (Wildman–Crippen MR) is 329 cm³/mol. The van der Waals surface area contributed by atoms with E-state index in [0.29, 0.717) is 25.9 Å². The molecule has 0 heterocycles. The van der Waals surface area contributed by atoms with Crippen LogP contribution in [-0.2, 0) is 14.3 Å². The number of hydrogen-bond acceptors (Lipinski definition) is 5. The van der Waals surface area contributed by atoms with E-state index in [-0.39, 0.29) is 18.5 Å². The van der Waals surface area contributed by atoms with Gasteiger partial charge in [-0.15, -0.1) is 0 Å². The van der Waals surface area contributed by atoms with Crippen LogP contribution in [-0.4, -0.2) is 47.4 Å². The Morgan fingerprint density at radius 1 is 0.373 bits per heavy atom. The van der Waals surface area contributed by atoms with E-state index in [1.165, 1.54) is 283 Å². The first kappa shape index (κ1) is 73.1. The van der Waals surface area contributed by atoms with Crippen LogP contribution in [0.1, 0.15) is 367 Å². The van der Waals surface area contributed by atoms with Crippen molar-refractivity contribution in [2.24, 2.45) is 0 Å². The number of aliphatic hydroxyl groups excluding tert-OH is 2. The fourth-order valence-electron chi connectivity index (χ4n) is 10.5. The number of unbranched alkanes of at least 4 members (excludes halogenated alkanes) is 46. The molecule has 0 bridgehead atoms. The van der Waals surface area contributed by atoms with Crippen LogP contribution in [0.4, 0.5) is 0 Å². The van der Waals surface area contributed by atoms with E-state index in [4.69, 9.17) is 4.74 Å². The molecule has 75 heavy (non-hydrogen) atoms. The van der Waals surface area contributed by atoms with E-state index in [1.807, 2.05) is 0 Å². The largest absolute Gasteiger partial charge is 0.466 e. The van der Waals surface area contributed by atoms with Gasteiger partial charge < -0.3 is 20.3 Å². The van der Waals surface area contributed by atoms with Crippen molar-refractivity contribution in [3.05, 3.63) is 36.5 Å². The number of esters is 1. The lowest BCUT2D eigenvalue weighted by atomic mass is 10.0. The van der Waals surface area contributed by atoms with Crippen molar-refractivity contribution < 1.29 is 24.5 Å². The molecule has 6 nitrogen and oxygen atoms in total. The van der Waals surface area contributed by atoms with E-state index in [2.05, 4.69) is 55.6 Å². The topological polar surface area (TPSA) is 95.9 Å². The van der Waals surface area contributed by atoms with E-state index >= 15 is 0 Å². The third kappa shape index (κ3) is 61.2. The summed E-state index contributed by atoms with van der Waals surface area (Å²) in [7, 11) is 0. The minimum absolute atomic E-state index is 0.00558. The molecule has 3 N–H and O–H groups in total. The summed E-state index contributed by atoms with van der Waals surface area (Å²) in [6.07, 6.45) is 81.7. The third-order valence-electron chi connectivity index (χ3n) is 15.7. The molecular weight excluding hydrogens is 923 g/mol. The number of nitrogens with one attached hydrogen (secondary N) is 1. The first-order valence-corrected chi connectivity index (χ1v) is 33.7. The Morgan fingerprint density at radius 2 is 0.667 bits per heavy atom. The molecule has 0 aliphatic carbocycles. The van der Waals surface area contributed by atoms with Gasteiger partial charge in [0.05, 0.1) is 25.4 Å². The lowest BCUT2D eigenvalue weighted by Crippen LogP contribution is -2.45. The molecule has 442 valence electrons. The van der Waals surface area contributed by atoms with E-state index in [1.54, 1.807) is 0 Å². The van der Waals surface area contributed by atoms with Gasteiger partial charge in [0.1, 0.15) is 0 Å². The molecule has 0 aliphatic heterocycles. The molecule has 6 heteroatoms. The molecule has 1 amide bonds. The van der Waals surface area contributed by atoms with Gasteiger partial charge in [0, 0.05) is 12.8 Å². The zero-order valence-electron chi connectivity index (χ0n) is 50.5. The molecule has 0 aliphatic rings. The maximum Gasteiger partial charge on any atom is 0.305 e. The number of aliphatic hydroxyl groups is 2. The molecule has 0 spiro atoms. The van der Waals surface area contributed by atoms with E-state index in [0.717, 1.165) is 51.4 Å². The zero-order chi connectivity index (χ0) is 54.3. The Hall–Kier alpha value is -1.92. The van der Waals surface area contributed by atoms with Crippen molar-refractivity contribution >= 4 is 11.9 Å². The molecule has 2 atom stereocenters. The van der Waals surface area contributed by atoms with Crippen LogP contribution in [0.2, 0.25) is 0 Å². The molecule has 0 aromatic heterocycles. The molecule has 0 rings (SSSR count). The maximum atomic E-state index is 12.5. The number of ether oxygens (including phenoxy) is 1. The van der Waals surface area contributed by atoms with Gasteiger partial charge in [0.25, 0.3) is 0 Å². The van der Waals surface area contributed by atoms with Crippen molar-refractivity contribution in [3.63, 3.8) is 0 Å². The van der Waals surface area contributed by atoms with Gasteiger partial charge in [0.15, 0.2) is 0 Å². The molecule has 0 fully saturated rings. The van der Waals surface area contributed by atoms with Crippen molar-refractivity contribution in [2.45, 2.75) is 379 Å². The van der Waals surface area contributed by atoms with Crippen molar-refractivity contribution in [1.29, 1.82) is 0 Å². The SMILES string of the molecule is CCCCCC/C=C\C/C=C\CCCCCCCCCC(=O)OCCCCCCCCCCCCCC/C=C\CCCCCCCCCCC(=O)NC(CO)C(O)CCCCCCCCCCCCCCCCCC. The van der Waals surface area contributed by atoms with Crippen LogP contribution < -0.4 is 5.32 Å². The predicted octanol–water partition coefficient (Wildman–Crippen LogP) is 21.5. The summed E-state index contributed by atoms with van der Waals surface area (Å²) in [4.78, 5) is 24.6. The van der Waals surface area contributed by atoms with E-state index < -0.39 is 12.1 Å². The number of amides is 1. The van der Waals surface area contributed by atoms with Crippen LogP contribution in [0.15, 0.2) is 36.5 Å². The highest BCUT2D eigenvalue weighted by molar-refractivity contribution is 5.76. The first-order valence-electron chi connectivity index (χ1n) is 33.7. The standard InChI is InChI=1S/C69H131NO5/c1-3-5-7-9-11-13-15-17-19-21-31-35-39-43-47-51-55-59-63-69(74)75-64-60-56-52-48-44-40-36-32-29-27-25-23-22-24-26-28-30-34-38-42-46-50-54-58-62-68(73)70-66(65-71)67(72)61-57-53-49-45-41-37-33-20-18-16-14-12-10-8-6-4-2/h13,15,19,21,24,26,66-67,71-72H,3-12,14,16-18,20,22-23,25,27-65H2,1-2H3,(H,70,73)/b15-13-,21-19-,26-24-. The maximum absolute atomic E-state index is 12.5. The Bertz CT molecular complexity index is 1210. The summed E-state index contributed by atoms with van der Waals surface area (Å²) >= 11 is 0. The lowest BCUT2D eigenvalue weighted by molar-refractivity contribution is -0.143. The highest BCUT2D eigenvalue weighted by Crippen LogP contribution is 2.18. The molecule has 0 saturated heterocycles. The monoisotopic (exact) mass is 1050 g/mol. The summed E-state index contributed by atoms with van der Waals surface area (Å²) in [6, 6.07) is -0.545. The van der Waals surface area contributed by atoms with Crippen molar-refractivity contribution in [2.75, 3.05) is 13.2 Å². The third-order valence-corrected chi connectivity index (χ3v) is 15.7. The molecule has 0 saturated carbocycles.